The van der Waals surface area contributed by atoms with Crippen LogP contribution in [-0.2, 0) is 4.79 Å². The third kappa shape index (κ3) is 2.80. The van der Waals surface area contributed by atoms with Crippen LogP contribution in [0.25, 0.3) is 0 Å². The van der Waals surface area contributed by atoms with Crippen LogP contribution in [0.2, 0.25) is 0 Å². The Morgan fingerprint density at radius 1 is 1.33 bits per heavy atom. The summed E-state index contributed by atoms with van der Waals surface area (Å²) in [6.45, 7) is 2.31. The fraction of sp³-hybridized carbons (Fsp3) is 0.727. The van der Waals surface area contributed by atoms with Gasteiger partial charge in [0.05, 0.1) is 0 Å². The van der Waals surface area contributed by atoms with Gasteiger partial charge >= 0.3 is 0 Å². The van der Waals surface area contributed by atoms with Crippen LogP contribution in [0, 0.1) is 11.8 Å². The molecule has 0 radical (unpaired) electrons. The van der Waals surface area contributed by atoms with Gasteiger partial charge in [-0.15, -0.1) is 0 Å². The number of allylic oxidation sites excluding steroid dienone is 2. The molecule has 0 heterocycles. The molecule has 0 aliphatic heterocycles. The first-order chi connectivity index (χ1) is 5.84. The highest BCUT2D eigenvalue weighted by Gasteiger charge is 2.17. The van der Waals surface area contributed by atoms with Gasteiger partial charge in [0.2, 0.25) is 0 Å². The normalized spacial score (nSPS) is 30.8. The van der Waals surface area contributed by atoms with Crippen molar-refractivity contribution < 1.29 is 4.79 Å². The van der Waals surface area contributed by atoms with Crippen molar-refractivity contribution in [2.24, 2.45) is 11.8 Å². The zero-order valence-corrected chi connectivity index (χ0v) is 7.83. The van der Waals surface area contributed by atoms with Crippen LogP contribution in [0.3, 0.4) is 0 Å². The van der Waals surface area contributed by atoms with E-state index in [0.29, 0.717) is 6.42 Å². The van der Waals surface area contributed by atoms with Crippen molar-refractivity contribution in [2.45, 2.75) is 39.0 Å². The Bertz CT molecular complexity index is 160. The maximum absolute atomic E-state index is 10.1. The lowest BCUT2D eigenvalue weighted by atomic mass is 9.80. The Hall–Kier alpha value is -0.590. The third-order valence-electron chi connectivity index (χ3n) is 2.79. The van der Waals surface area contributed by atoms with Crippen LogP contribution in [0.4, 0.5) is 0 Å². The van der Waals surface area contributed by atoms with E-state index in [9.17, 15) is 4.79 Å². The second kappa shape index (κ2) is 5.13. The monoisotopic (exact) mass is 166 g/mol. The van der Waals surface area contributed by atoms with Crippen LogP contribution in [0.5, 0.6) is 0 Å². The summed E-state index contributed by atoms with van der Waals surface area (Å²) < 4.78 is 0. The first-order valence-electron chi connectivity index (χ1n) is 4.95. The Morgan fingerprint density at radius 2 is 2.08 bits per heavy atom. The van der Waals surface area contributed by atoms with Gasteiger partial charge in [0.15, 0.2) is 0 Å². The molecule has 2 unspecified atom stereocenters. The van der Waals surface area contributed by atoms with Gasteiger partial charge in [0.25, 0.3) is 0 Å². The minimum absolute atomic E-state index is 0.587. The summed E-state index contributed by atoms with van der Waals surface area (Å²) in [5.41, 5.74) is 0. The highest BCUT2D eigenvalue weighted by molar-refractivity contribution is 5.51. The van der Waals surface area contributed by atoms with E-state index < -0.39 is 0 Å². The number of rotatable bonds is 3. The molecule has 12 heavy (non-hydrogen) atoms. The van der Waals surface area contributed by atoms with E-state index in [0.717, 1.165) is 18.1 Å². The molecule has 0 bridgehead atoms. The Balaban J connectivity index is 2.33. The Labute approximate surface area is 74.9 Å². The zero-order valence-electron chi connectivity index (χ0n) is 7.83. The van der Waals surface area contributed by atoms with E-state index >= 15 is 0 Å². The van der Waals surface area contributed by atoms with Gasteiger partial charge in [-0.1, -0.05) is 38.3 Å². The SMILES string of the molecule is CC1CCCCC1C=CCC=O. The lowest BCUT2D eigenvalue weighted by molar-refractivity contribution is -0.107. The van der Waals surface area contributed by atoms with Gasteiger partial charge in [-0.2, -0.15) is 0 Å². The van der Waals surface area contributed by atoms with E-state index in [1.165, 1.54) is 25.7 Å². The Kier molecular flexibility index (Phi) is 4.06. The van der Waals surface area contributed by atoms with Crippen LogP contribution in [0.15, 0.2) is 12.2 Å². The molecule has 1 rings (SSSR count). The lowest BCUT2D eigenvalue weighted by Gasteiger charge is -2.25. The molecule has 0 spiro atoms. The third-order valence-corrected chi connectivity index (χ3v) is 2.79. The molecule has 1 saturated carbocycles. The van der Waals surface area contributed by atoms with E-state index in [1.807, 2.05) is 6.08 Å². The van der Waals surface area contributed by atoms with Crippen molar-refractivity contribution in [3.63, 3.8) is 0 Å². The number of aldehydes is 1. The van der Waals surface area contributed by atoms with Crippen molar-refractivity contribution >= 4 is 6.29 Å². The molecule has 1 heteroatoms. The number of carbonyl (C=O) groups is 1. The first-order valence-corrected chi connectivity index (χ1v) is 4.95. The summed E-state index contributed by atoms with van der Waals surface area (Å²) in [5.74, 6) is 1.56. The smallest absolute Gasteiger partial charge is 0.123 e. The van der Waals surface area contributed by atoms with E-state index in [-0.39, 0.29) is 0 Å². The first kappa shape index (κ1) is 9.50. The van der Waals surface area contributed by atoms with Crippen molar-refractivity contribution in [1.82, 2.24) is 0 Å². The summed E-state index contributed by atoms with van der Waals surface area (Å²) in [6.07, 6.45) is 11.2. The van der Waals surface area contributed by atoms with Gasteiger partial charge in [-0.05, 0) is 18.3 Å². The standard InChI is InChI=1S/C11H18O/c1-10-6-2-3-7-11(10)8-4-5-9-12/h4,8-11H,2-3,5-7H2,1H3. The molecule has 2 atom stereocenters. The number of hydrogen-bond acceptors (Lipinski definition) is 1. The average Bonchev–Trinajstić information content (AvgIpc) is 2.09. The van der Waals surface area contributed by atoms with Crippen LogP contribution >= 0.6 is 0 Å². The molecule has 0 saturated heterocycles. The van der Waals surface area contributed by atoms with Gasteiger partial charge in [-0.3, -0.25) is 0 Å². The molecular weight excluding hydrogens is 148 g/mol. The molecular formula is C11H18O. The minimum Gasteiger partial charge on any atom is -0.303 e. The topological polar surface area (TPSA) is 17.1 Å². The molecule has 0 aromatic rings. The quantitative estimate of drug-likeness (QED) is 0.465. The minimum atomic E-state index is 0.587. The lowest BCUT2D eigenvalue weighted by Crippen LogP contribution is -2.14. The highest BCUT2D eigenvalue weighted by atomic mass is 16.1. The molecule has 1 nitrogen and oxygen atoms in total. The maximum atomic E-state index is 10.1. The second-order valence-corrected chi connectivity index (χ2v) is 3.76. The van der Waals surface area contributed by atoms with Crippen LogP contribution < -0.4 is 0 Å². The van der Waals surface area contributed by atoms with Crippen LogP contribution in [-0.4, -0.2) is 6.29 Å². The largest absolute Gasteiger partial charge is 0.303 e. The van der Waals surface area contributed by atoms with E-state index in [4.69, 9.17) is 0 Å². The van der Waals surface area contributed by atoms with Crippen molar-refractivity contribution in [3.8, 4) is 0 Å². The summed E-state index contributed by atoms with van der Waals surface area (Å²) in [4.78, 5) is 10.1. The van der Waals surface area contributed by atoms with Gasteiger partial charge in [-0.25, -0.2) is 0 Å². The molecule has 0 amide bonds. The fourth-order valence-corrected chi connectivity index (χ4v) is 1.94. The molecule has 0 aromatic heterocycles. The van der Waals surface area contributed by atoms with Gasteiger partial charge < -0.3 is 4.79 Å². The highest BCUT2D eigenvalue weighted by Crippen LogP contribution is 2.30. The number of carbonyl (C=O) groups excluding carboxylic acids is 1. The second-order valence-electron chi connectivity index (χ2n) is 3.76. The molecule has 1 fully saturated rings. The predicted octanol–water partition coefficient (Wildman–Crippen LogP) is 2.96. The van der Waals surface area contributed by atoms with Crippen molar-refractivity contribution in [2.75, 3.05) is 0 Å². The maximum Gasteiger partial charge on any atom is 0.123 e. The summed E-state index contributed by atoms with van der Waals surface area (Å²) in [7, 11) is 0. The van der Waals surface area contributed by atoms with E-state index in [2.05, 4.69) is 13.0 Å². The molecule has 68 valence electrons. The summed E-state index contributed by atoms with van der Waals surface area (Å²) >= 11 is 0. The molecule has 1 aliphatic rings. The zero-order chi connectivity index (χ0) is 8.81. The predicted molar refractivity (Wildman–Crippen MR) is 50.9 cm³/mol. The summed E-state index contributed by atoms with van der Waals surface area (Å²) in [6, 6.07) is 0. The molecule has 1 aliphatic carbocycles. The number of hydrogen-bond donors (Lipinski definition) is 0. The van der Waals surface area contributed by atoms with E-state index in [1.54, 1.807) is 0 Å². The summed E-state index contributed by atoms with van der Waals surface area (Å²) in [5, 5.41) is 0. The average molecular weight is 166 g/mol. The van der Waals surface area contributed by atoms with Gasteiger partial charge in [0.1, 0.15) is 6.29 Å². The molecule has 0 N–H and O–H groups in total. The van der Waals surface area contributed by atoms with Crippen LogP contribution in [0.1, 0.15) is 39.0 Å². The fourth-order valence-electron chi connectivity index (χ4n) is 1.94. The van der Waals surface area contributed by atoms with Gasteiger partial charge in [0, 0.05) is 6.42 Å². The molecule has 0 aromatic carbocycles. The Morgan fingerprint density at radius 3 is 2.75 bits per heavy atom. The van der Waals surface area contributed by atoms with Crippen molar-refractivity contribution in [1.29, 1.82) is 0 Å². The van der Waals surface area contributed by atoms with Crippen molar-refractivity contribution in [3.05, 3.63) is 12.2 Å².